The summed E-state index contributed by atoms with van der Waals surface area (Å²) in [5, 5.41) is 2.96. The van der Waals surface area contributed by atoms with E-state index >= 15 is 0 Å². The molecule has 0 saturated carbocycles. The largest absolute Gasteiger partial charge is 0.356 e. The van der Waals surface area contributed by atoms with Gasteiger partial charge in [-0.05, 0) is 38.8 Å². The van der Waals surface area contributed by atoms with Gasteiger partial charge in [0, 0.05) is 19.6 Å². The van der Waals surface area contributed by atoms with Gasteiger partial charge >= 0.3 is 0 Å². The highest BCUT2D eigenvalue weighted by Crippen LogP contribution is 2.19. The van der Waals surface area contributed by atoms with Crippen molar-refractivity contribution in [2.24, 2.45) is 5.92 Å². The molecule has 1 rings (SSSR count). The zero-order valence-electron chi connectivity index (χ0n) is 14.7. The summed E-state index contributed by atoms with van der Waals surface area (Å²) < 4.78 is 0. The Labute approximate surface area is 135 Å². The normalized spacial score (nSPS) is 20.0. The predicted octanol–water partition coefficient (Wildman–Crippen LogP) is 1.87. The SMILES string of the molecule is CCCNC(=O)[C@@H]1CCCN(C(=O)[C@@H](CC)N(CC)CC)C1. The van der Waals surface area contributed by atoms with Crippen molar-refractivity contribution in [2.45, 2.75) is 59.4 Å². The maximum absolute atomic E-state index is 12.8. The lowest BCUT2D eigenvalue weighted by Gasteiger charge is -2.37. The molecule has 0 spiro atoms. The van der Waals surface area contributed by atoms with Crippen LogP contribution in [0.1, 0.15) is 53.4 Å². The van der Waals surface area contributed by atoms with E-state index in [1.807, 2.05) is 11.8 Å². The van der Waals surface area contributed by atoms with Gasteiger partial charge in [0.1, 0.15) is 0 Å². The zero-order valence-corrected chi connectivity index (χ0v) is 14.7. The number of piperidine rings is 1. The standard InChI is InChI=1S/C17H33N3O2/c1-5-11-18-16(21)14-10-9-12-20(13-14)17(22)15(6-2)19(7-3)8-4/h14-15H,5-13H2,1-4H3,(H,18,21)/t14-,15-/m1/s1. The maximum Gasteiger partial charge on any atom is 0.239 e. The second kappa shape index (κ2) is 9.82. The van der Waals surface area contributed by atoms with Crippen LogP contribution in [-0.4, -0.2) is 60.4 Å². The summed E-state index contributed by atoms with van der Waals surface area (Å²) >= 11 is 0. The fourth-order valence-corrected chi connectivity index (χ4v) is 3.25. The lowest BCUT2D eigenvalue weighted by molar-refractivity contribution is -0.140. The van der Waals surface area contributed by atoms with Crippen molar-refractivity contribution in [1.29, 1.82) is 0 Å². The summed E-state index contributed by atoms with van der Waals surface area (Å²) in [6, 6.07) is -0.0487. The molecular formula is C17H33N3O2. The minimum absolute atomic E-state index is 0.0431. The van der Waals surface area contributed by atoms with Gasteiger partial charge in [-0.2, -0.15) is 0 Å². The van der Waals surface area contributed by atoms with Gasteiger partial charge in [0.2, 0.25) is 11.8 Å². The Morgan fingerprint density at radius 2 is 1.91 bits per heavy atom. The number of hydrogen-bond acceptors (Lipinski definition) is 3. The van der Waals surface area contributed by atoms with Gasteiger partial charge in [0.15, 0.2) is 0 Å². The van der Waals surface area contributed by atoms with Gasteiger partial charge < -0.3 is 10.2 Å². The van der Waals surface area contributed by atoms with Gasteiger partial charge in [-0.1, -0.05) is 27.7 Å². The van der Waals surface area contributed by atoms with Gasteiger partial charge in [-0.3, -0.25) is 14.5 Å². The number of carbonyl (C=O) groups excluding carboxylic acids is 2. The number of nitrogens with zero attached hydrogens (tertiary/aromatic N) is 2. The number of nitrogens with one attached hydrogen (secondary N) is 1. The minimum Gasteiger partial charge on any atom is -0.356 e. The van der Waals surface area contributed by atoms with Crippen LogP contribution in [0.2, 0.25) is 0 Å². The van der Waals surface area contributed by atoms with Crippen molar-refractivity contribution < 1.29 is 9.59 Å². The topological polar surface area (TPSA) is 52.7 Å². The van der Waals surface area contributed by atoms with E-state index in [2.05, 4.69) is 31.0 Å². The number of hydrogen-bond donors (Lipinski definition) is 1. The number of likely N-dealkylation sites (tertiary alicyclic amines) is 1. The Morgan fingerprint density at radius 3 is 2.45 bits per heavy atom. The van der Waals surface area contributed by atoms with Gasteiger partial charge in [-0.15, -0.1) is 0 Å². The first-order valence-electron chi connectivity index (χ1n) is 8.89. The molecule has 1 saturated heterocycles. The first-order chi connectivity index (χ1) is 10.6. The van der Waals surface area contributed by atoms with E-state index in [-0.39, 0.29) is 23.8 Å². The average molecular weight is 311 g/mol. The smallest absolute Gasteiger partial charge is 0.239 e. The number of likely N-dealkylation sites (N-methyl/N-ethyl adjacent to an activating group) is 1. The summed E-state index contributed by atoms with van der Waals surface area (Å²) in [5.41, 5.74) is 0. The lowest BCUT2D eigenvalue weighted by Crippen LogP contribution is -2.52. The fraction of sp³-hybridized carbons (Fsp3) is 0.882. The second-order valence-corrected chi connectivity index (χ2v) is 6.06. The van der Waals surface area contributed by atoms with E-state index in [9.17, 15) is 9.59 Å². The highest BCUT2D eigenvalue weighted by atomic mass is 16.2. The summed E-state index contributed by atoms with van der Waals surface area (Å²) in [6.07, 6.45) is 3.58. The summed E-state index contributed by atoms with van der Waals surface area (Å²) in [7, 11) is 0. The first-order valence-corrected chi connectivity index (χ1v) is 8.89. The van der Waals surface area contributed by atoms with E-state index in [4.69, 9.17) is 0 Å². The predicted molar refractivity (Wildman–Crippen MR) is 89.6 cm³/mol. The lowest BCUT2D eigenvalue weighted by atomic mass is 9.96. The van der Waals surface area contributed by atoms with Crippen LogP contribution < -0.4 is 5.32 Å². The van der Waals surface area contributed by atoms with Gasteiger partial charge in [-0.25, -0.2) is 0 Å². The molecule has 0 radical (unpaired) electrons. The van der Waals surface area contributed by atoms with Crippen LogP contribution in [-0.2, 0) is 9.59 Å². The van der Waals surface area contributed by atoms with Crippen molar-refractivity contribution in [2.75, 3.05) is 32.7 Å². The Kier molecular flexibility index (Phi) is 8.46. The van der Waals surface area contributed by atoms with E-state index in [0.717, 1.165) is 51.9 Å². The molecule has 1 fully saturated rings. The molecule has 1 heterocycles. The van der Waals surface area contributed by atoms with Crippen molar-refractivity contribution in [3.8, 4) is 0 Å². The van der Waals surface area contributed by atoms with Crippen molar-refractivity contribution in [3.63, 3.8) is 0 Å². The third kappa shape index (κ3) is 4.97. The molecule has 1 aliphatic heterocycles. The number of rotatable bonds is 8. The van der Waals surface area contributed by atoms with Crippen LogP contribution >= 0.6 is 0 Å². The summed E-state index contributed by atoms with van der Waals surface area (Å²) in [4.78, 5) is 29.1. The first kappa shape index (κ1) is 18.9. The molecule has 5 nitrogen and oxygen atoms in total. The number of carbonyl (C=O) groups is 2. The zero-order chi connectivity index (χ0) is 16.5. The molecule has 5 heteroatoms. The van der Waals surface area contributed by atoms with Crippen LogP contribution in [0.5, 0.6) is 0 Å². The third-order valence-electron chi connectivity index (χ3n) is 4.58. The van der Waals surface area contributed by atoms with Crippen LogP contribution in [0.25, 0.3) is 0 Å². The molecule has 0 aromatic rings. The minimum atomic E-state index is -0.0487. The highest BCUT2D eigenvalue weighted by molar-refractivity contribution is 5.84. The van der Waals surface area contributed by atoms with Crippen LogP contribution in [0.3, 0.4) is 0 Å². The molecule has 0 bridgehead atoms. The molecule has 1 aliphatic rings. The molecule has 0 aromatic carbocycles. The molecule has 2 amide bonds. The van der Waals surface area contributed by atoms with Crippen LogP contribution in [0.4, 0.5) is 0 Å². The van der Waals surface area contributed by atoms with E-state index < -0.39 is 0 Å². The maximum atomic E-state index is 12.8. The van der Waals surface area contributed by atoms with Crippen LogP contribution in [0.15, 0.2) is 0 Å². The van der Waals surface area contributed by atoms with Crippen molar-refractivity contribution in [1.82, 2.24) is 15.1 Å². The molecule has 0 aromatic heterocycles. The van der Waals surface area contributed by atoms with Crippen molar-refractivity contribution in [3.05, 3.63) is 0 Å². The van der Waals surface area contributed by atoms with Crippen LogP contribution in [0, 0.1) is 5.92 Å². The Balaban J connectivity index is 2.66. The Morgan fingerprint density at radius 1 is 1.23 bits per heavy atom. The molecule has 2 atom stereocenters. The second-order valence-electron chi connectivity index (χ2n) is 6.06. The Hall–Kier alpha value is -1.10. The van der Waals surface area contributed by atoms with Gasteiger partial charge in [0.05, 0.1) is 12.0 Å². The highest BCUT2D eigenvalue weighted by Gasteiger charge is 2.32. The average Bonchev–Trinajstić information content (AvgIpc) is 2.56. The summed E-state index contributed by atoms with van der Waals surface area (Å²) in [5.74, 6) is 0.257. The monoisotopic (exact) mass is 311 g/mol. The summed E-state index contributed by atoms with van der Waals surface area (Å²) in [6.45, 7) is 12.2. The van der Waals surface area contributed by atoms with E-state index in [0.29, 0.717) is 6.54 Å². The molecule has 0 unspecified atom stereocenters. The van der Waals surface area contributed by atoms with Gasteiger partial charge in [0.25, 0.3) is 0 Å². The van der Waals surface area contributed by atoms with E-state index in [1.54, 1.807) is 0 Å². The quantitative estimate of drug-likeness (QED) is 0.744. The van der Waals surface area contributed by atoms with Crippen molar-refractivity contribution >= 4 is 11.8 Å². The molecule has 1 N–H and O–H groups in total. The molecule has 128 valence electrons. The molecule has 22 heavy (non-hydrogen) atoms. The van der Waals surface area contributed by atoms with E-state index in [1.165, 1.54) is 0 Å². The third-order valence-corrected chi connectivity index (χ3v) is 4.58. The molecular weight excluding hydrogens is 278 g/mol. The fourth-order valence-electron chi connectivity index (χ4n) is 3.25. The molecule has 0 aliphatic carbocycles. The Bertz CT molecular complexity index is 356. The number of amides is 2.